The van der Waals surface area contributed by atoms with Gasteiger partial charge in [0.05, 0.1) is 23.4 Å². The van der Waals surface area contributed by atoms with Gasteiger partial charge in [0.25, 0.3) is 5.91 Å². The minimum atomic E-state index is -0.534. The Balaban J connectivity index is 1.46. The molecule has 1 amide bonds. The Bertz CT molecular complexity index is 1670. The molecule has 1 unspecified atom stereocenters. The number of amides is 1. The van der Waals surface area contributed by atoms with Crippen LogP contribution < -0.4 is 9.80 Å². The summed E-state index contributed by atoms with van der Waals surface area (Å²) in [6, 6.07) is 36.9. The van der Waals surface area contributed by atoms with Crippen molar-refractivity contribution in [3.05, 3.63) is 143 Å². The van der Waals surface area contributed by atoms with E-state index in [1.807, 2.05) is 103 Å². The second-order valence-electron chi connectivity index (χ2n) is 10.0. The SMILES string of the molecule is CCOC(=O)c1ccc(-c2ccc(C3N(Cc4ccccc4)c4ccccc4C(=O)N3c3ccc(C)cc3)o2)cc1. The molecule has 0 bridgehead atoms. The lowest BCUT2D eigenvalue weighted by molar-refractivity contribution is 0.0526. The smallest absolute Gasteiger partial charge is 0.338 e. The molecule has 4 aromatic carbocycles. The number of benzene rings is 4. The quantitative estimate of drug-likeness (QED) is 0.196. The predicted molar refractivity (Wildman–Crippen MR) is 160 cm³/mol. The van der Waals surface area contributed by atoms with Gasteiger partial charge in [-0.2, -0.15) is 0 Å². The molecule has 1 aliphatic heterocycles. The van der Waals surface area contributed by atoms with Crippen molar-refractivity contribution in [3.8, 4) is 11.3 Å². The summed E-state index contributed by atoms with van der Waals surface area (Å²) in [6.45, 7) is 4.71. The summed E-state index contributed by atoms with van der Waals surface area (Å²) >= 11 is 0. The Labute approximate surface area is 239 Å². The molecule has 2 heterocycles. The van der Waals surface area contributed by atoms with Gasteiger partial charge in [-0.1, -0.05) is 72.3 Å². The number of hydrogen-bond acceptors (Lipinski definition) is 5. The third-order valence-corrected chi connectivity index (χ3v) is 7.27. The number of hydrogen-bond donors (Lipinski definition) is 0. The van der Waals surface area contributed by atoms with Crippen LogP contribution in [0, 0.1) is 6.92 Å². The Hall–Kier alpha value is -5.10. The van der Waals surface area contributed by atoms with E-state index in [9.17, 15) is 9.59 Å². The summed E-state index contributed by atoms with van der Waals surface area (Å²) in [5.74, 6) is 0.832. The topological polar surface area (TPSA) is 63.0 Å². The molecule has 41 heavy (non-hydrogen) atoms. The lowest BCUT2D eigenvalue weighted by Gasteiger charge is -2.44. The molecule has 6 rings (SSSR count). The van der Waals surface area contributed by atoms with Crippen LogP contribution in [0.5, 0.6) is 0 Å². The summed E-state index contributed by atoms with van der Waals surface area (Å²) in [4.78, 5) is 30.3. The van der Waals surface area contributed by atoms with Gasteiger partial charge in [-0.3, -0.25) is 9.69 Å². The van der Waals surface area contributed by atoms with Crippen LogP contribution in [0.2, 0.25) is 0 Å². The molecule has 0 fully saturated rings. The monoisotopic (exact) mass is 542 g/mol. The van der Waals surface area contributed by atoms with E-state index >= 15 is 0 Å². The number of anilines is 2. The van der Waals surface area contributed by atoms with Crippen LogP contribution in [0.1, 0.15) is 50.7 Å². The fourth-order valence-electron chi connectivity index (χ4n) is 5.25. The van der Waals surface area contributed by atoms with Crippen LogP contribution in [-0.2, 0) is 11.3 Å². The Morgan fingerprint density at radius 1 is 0.829 bits per heavy atom. The first-order chi connectivity index (χ1) is 20.0. The van der Waals surface area contributed by atoms with E-state index in [0.29, 0.717) is 35.8 Å². The lowest BCUT2D eigenvalue weighted by Crippen LogP contribution is -2.49. The number of furan rings is 1. The van der Waals surface area contributed by atoms with Crippen LogP contribution in [0.4, 0.5) is 11.4 Å². The average molecular weight is 543 g/mol. The highest BCUT2D eigenvalue weighted by Crippen LogP contribution is 2.43. The third kappa shape index (κ3) is 5.12. The van der Waals surface area contributed by atoms with Crippen molar-refractivity contribution in [2.75, 3.05) is 16.4 Å². The molecule has 0 saturated heterocycles. The van der Waals surface area contributed by atoms with Crippen molar-refractivity contribution in [1.82, 2.24) is 0 Å². The Kier molecular flexibility index (Phi) is 7.13. The number of esters is 1. The first kappa shape index (κ1) is 26.1. The van der Waals surface area contributed by atoms with Gasteiger partial charge in [0.15, 0.2) is 6.17 Å². The van der Waals surface area contributed by atoms with E-state index in [4.69, 9.17) is 9.15 Å². The standard InChI is InChI=1S/C35H30N2O4/c1-3-40-35(39)27-17-15-26(16-18-27)31-21-22-32(41-31)33-36(23-25-9-5-4-6-10-25)30-12-8-7-11-29(30)34(38)37(33)28-19-13-24(2)14-20-28/h4-22,33H,3,23H2,1-2H3. The van der Waals surface area contributed by atoms with Crippen molar-refractivity contribution in [1.29, 1.82) is 0 Å². The van der Waals surface area contributed by atoms with Crippen molar-refractivity contribution in [2.24, 2.45) is 0 Å². The minimum Gasteiger partial charge on any atom is -0.462 e. The van der Waals surface area contributed by atoms with E-state index < -0.39 is 6.17 Å². The van der Waals surface area contributed by atoms with Crippen LogP contribution in [0.3, 0.4) is 0 Å². The zero-order valence-corrected chi connectivity index (χ0v) is 23.0. The van der Waals surface area contributed by atoms with Gasteiger partial charge in [-0.05, 0) is 67.9 Å². The molecular weight excluding hydrogens is 512 g/mol. The number of nitrogens with zero attached hydrogens (tertiary/aromatic N) is 2. The molecule has 1 aliphatic rings. The summed E-state index contributed by atoms with van der Waals surface area (Å²) in [5.41, 5.74) is 5.82. The molecule has 0 aliphatic carbocycles. The summed E-state index contributed by atoms with van der Waals surface area (Å²) < 4.78 is 11.6. The van der Waals surface area contributed by atoms with Crippen LogP contribution >= 0.6 is 0 Å². The summed E-state index contributed by atoms with van der Waals surface area (Å²) in [7, 11) is 0. The zero-order chi connectivity index (χ0) is 28.3. The van der Waals surface area contributed by atoms with E-state index in [-0.39, 0.29) is 11.9 Å². The maximum absolute atomic E-state index is 14.1. The normalized spacial score (nSPS) is 14.6. The fraction of sp³-hybridized carbons (Fsp3) is 0.143. The Morgan fingerprint density at radius 2 is 1.54 bits per heavy atom. The summed E-state index contributed by atoms with van der Waals surface area (Å²) in [5, 5.41) is 0. The second kappa shape index (κ2) is 11.2. The number of carbonyl (C=O) groups is 2. The second-order valence-corrected chi connectivity index (χ2v) is 10.0. The molecule has 1 aromatic heterocycles. The number of fused-ring (bicyclic) bond motifs is 1. The fourth-order valence-corrected chi connectivity index (χ4v) is 5.25. The maximum Gasteiger partial charge on any atom is 0.338 e. The van der Waals surface area contributed by atoms with E-state index in [0.717, 1.165) is 28.1 Å². The average Bonchev–Trinajstić information content (AvgIpc) is 3.50. The van der Waals surface area contributed by atoms with Gasteiger partial charge in [-0.15, -0.1) is 0 Å². The van der Waals surface area contributed by atoms with Crippen LogP contribution in [0.25, 0.3) is 11.3 Å². The van der Waals surface area contributed by atoms with Crippen LogP contribution in [-0.4, -0.2) is 18.5 Å². The lowest BCUT2D eigenvalue weighted by atomic mass is 10.0. The molecule has 0 radical (unpaired) electrons. The van der Waals surface area contributed by atoms with Gasteiger partial charge in [0.2, 0.25) is 0 Å². The number of ether oxygens (including phenoxy) is 1. The van der Waals surface area contributed by atoms with Crippen LogP contribution in [0.15, 0.2) is 120 Å². The van der Waals surface area contributed by atoms with E-state index in [2.05, 4.69) is 17.0 Å². The first-order valence-corrected chi connectivity index (χ1v) is 13.7. The Morgan fingerprint density at radius 3 is 2.27 bits per heavy atom. The van der Waals surface area contributed by atoms with E-state index in [1.54, 1.807) is 19.1 Å². The van der Waals surface area contributed by atoms with Crippen molar-refractivity contribution in [3.63, 3.8) is 0 Å². The van der Waals surface area contributed by atoms with Gasteiger partial charge in [0, 0.05) is 17.8 Å². The third-order valence-electron chi connectivity index (χ3n) is 7.27. The van der Waals surface area contributed by atoms with Crippen molar-refractivity contribution < 1.29 is 18.7 Å². The molecule has 5 aromatic rings. The molecule has 0 saturated carbocycles. The highest BCUT2D eigenvalue weighted by Gasteiger charge is 2.41. The molecule has 204 valence electrons. The van der Waals surface area contributed by atoms with Crippen molar-refractivity contribution in [2.45, 2.75) is 26.6 Å². The number of carbonyl (C=O) groups excluding carboxylic acids is 2. The molecule has 0 spiro atoms. The molecule has 0 N–H and O–H groups in total. The number of para-hydroxylation sites is 1. The zero-order valence-electron chi connectivity index (χ0n) is 23.0. The first-order valence-electron chi connectivity index (χ1n) is 13.7. The molecule has 6 nitrogen and oxygen atoms in total. The van der Waals surface area contributed by atoms with Crippen molar-refractivity contribution >= 4 is 23.3 Å². The van der Waals surface area contributed by atoms with Gasteiger partial charge < -0.3 is 14.1 Å². The maximum atomic E-state index is 14.1. The predicted octanol–water partition coefficient (Wildman–Crippen LogP) is 7.80. The highest BCUT2D eigenvalue weighted by molar-refractivity contribution is 6.12. The molecule has 6 heteroatoms. The van der Waals surface area contributed by atoms with Gasteiger partial charge in [0.1, 0.15) is 11.5 Å². The van der Waals surface area contributed by atoms with E-state index in [1.165, 1.54) is 0 Å². The number of aryl methyl sites for hydroxylation is 1. The molecular formula is C35H30N2O4. The minimum absolute atomic E-state index is 0.0875. The molecule has 1 atom stereocenters. The highest BCUT2D eigenvalue weighted by atomic mass is 16.5. The van der Waals surface area contributed by atoms with Gasteiger partial charge in [-0.25, -0.2) is 4.79 Å². The summed E-state index contributed by atoms with van der Waals surface area (Å²) in [6.07, 6.45) is -0.534. The number of rotatable bonds is 7. The largest absolute Gasteiger partial charge is 0.462 e. The van der Waals surface area contributed by atoms with Gasteiger partial charge >= 0.3 is 5.97 Å².